The Hall–Kier alpha value is -1.75. The number of nitrogens with one attached hydrogen (secondary N) is 3. The molecule has 0 aliphatic carbocycles. The van der Waals surface area contributed by atoms with E-state index in [1.807, 2.05) is 13.8 Å². The van der Waals surface area contributed by atoms with Crippen LogP contribution in [0.5, 0.6) is 0 Å². The highest BCUT2D eigenvalue weighted by atomic mass is 35.5. The minimum absolute atomic E-state index is 0.0812. The molecule has 0 fully saturated rings. The van der Waals surface area contributed by atoms with E-state index < -0.39 is 0 Å². The number of hydrogen-bond acceptors (Lipinski definition) is 2. The van der Waals surface area contributed by atoms with Gasteiger partial charge in [0.2, 0.25) is 0 Å². The third kappa shape index (κ3) is 5.61. The lowest BCUT2D eigenvalue weighted by molar-refractivity contribution is 0.0954. The van der Waals surface area contributed by atoms with Crippen molar-refractivity contribution in [3.63, 3.8) is 0 Å². The van der Waals surface area contributed by atoms with Crippen LogP contribution >= 0.6 is 11.6 Å². The SMILES string of the molecule is CC(C)NC(=O)NCCNC(=O)c1ccccc1Cl. The summed E-state index contributed by atoms with van der Waals surface area (Å²) in [7, 11) is 0. The van der Waals surface area contributed by atoms with E-state index in [4.69, 9.17) is 11.6 Å². The topological polar surface area (TPSA) is 70.2 Å². The highest BCUT2D eigenvalue weighted by Gasteiger charge is 2.08. The number of carbonyl (C=O) groups excluding carboxylic acids is 2. The van der Waals surface area contributed by atoms with E-state index in [0.717, 1.165) is 0 Å². The lowest BCUT2D eigenvalue weighted by Gasteiger charge is -2.10. The summed E-state index contributed by atoms with van der Waals surface area (Å²) in [6.45, 7) is 4.45. The monoisotopic (exact) mass is 283 g/mol. The fourth-order valence-electron chi connectivity index (χ4n) is 1.41. The standard InChI is InChI=1S/C13H18ClN3O2/c1-9(2)17-13(19)16-8-7-15-12(18)10-5-3-4-6-11(10)14/h3-6,9H,7-8H2,1-2H3,(H,15,18)(H2,16,17,19). The van der Waals surface area contributed by atoms with E-state index in [-0.39, 0.29) is 18.0 Å². The molecule has 0 unspecified atom stereocenters. The van der Waals surface area contributed by atoms with Crippen molar-refractivity contribution in [2.75, 3.05) is 13.1 Å². The van der Waals surface area contributed by atoms with E-state index in [2.05, 4.69) is 16.0 Å². The van der Waals surface area contributed by atoms with Crippen molar-refractivity contribution in [2.24, 2.45) is 0 Å². The summed E-state index contributed by atoms with van der Waals surface area (Å²) in [5.41, 5.74) is 0.427. The van der Waals surface area contributed by atoms with Gasteiger partial charge in [-0.1, -0.05) is 23.7 Å². The van der Waals surface area contributed by atoms with Crippen molar-refractivity contribution in [2.45, 2.75) is 19.9 Å². The van der Waals surface area contributed by atoms with Crippen molar-refractivity contribution in [3.05, 3.63) is 34.9 Å². The summed E-state index contributed by atoms with van der Waals surface area (Å²) in [6.07, 6.45) is 0. The molecule has 1 aromatic rings. The molecule has 0 spiro atoms. The average Bonchev–Trinajstić information content (AvgIpc) is 2.34. The second-order valence-corrected chi connectivity index (χ2v) is 4.70. The molecule has 19 heavy (non-hydrogen) atoms. The van der Waals surface area contributed by atoms with Gasteiger partial charge in [0.25, 0.3) is 5.91 Å². The van der Waals surface area contributed by atoms with Gasteiger partial charge in [0, 0.05) is 19.1 Å². The Balaban J connectivity index is 2.29. The highest BCUT2D eigenvalue weighted by molar-refractivity contribution is 6.33. The minimum atomic E-state index is -0.253. The lowest BCUT2D eigenvalue weighted by atomic mass is 10.2. The summed E-state index contributed by atoms with van der Waals surface area (Å²) in [6, 6.07) is 6.65. The van der Waals surface area contributed by atoms with Crippen LogP contribution in [-0.4, -0.2) is 31.1 Å². The molecule has 104 valence electrons. The number of urea groups is 1. The maximum absolute atomic E-state index is 11.8. The molecule has 0 heterocycles. The predicted octanol–water partition coefficient (Wildman–Crippen LogP) is 1.78. The second-order valence-electron chi connectivity index (χ2n) is 4.29. The summed E-state index contributed by atoms with van der Waals surface area (Å²) >= 11 is 5.90. The number of carbonyl (C=O) groups is 2. The van der Waals surface area contributed by atoms with Gasteiger partial charge in [-0.3, -0.25) is 4.79 Å². The molecule has 3 N–H and O–H groups in total. The van der Waals surface area contributed by atoms with E-state index in [9.17, 15) is 9.59 Å². The number of hydrogen-bond donors (Lipinski definition) is 3. The van der Waals surface area contributed by atoms with Gasteiger partial charge in [0.15, 0.2) is 0 Å². The van der Waals surface area contributed by atoms with Gasteiger partial charge < -0.3 is 16.0 Å². The number of halogens is 1. The Morgan fingerprint density at radius 2 is 1.79 bits per heavy atom. The van der Waals surface area contributed by atoms with Gasteiger partial charge in [-0.25, -0.2) is 4.79 Å². The normalized spacial score (nSPS) is 10.1. The average molecular weight is 284 g/mol. The molecule has 0 saturated heterocycles. The first-order valence-corrected chi connectivity index (χ1v) is 6.45. The van der Waals surface area contributed by atoms with Crippen LogP contribution in [0.15, 0.2) is 24.3 Å². The molecule has 0 aliphatic heterocycles. The Morgan fingerprint density at radius 3 is 2.42 bits per heavy atom. The van der Waals surface area contributed by atoms with Crippen LogP contribution in [0.4, 0.5) is 4.79 Å². The Labute approximate surface area is 117 Å². The van der Waals surface area contributed by atoms with E-state index in [1.54, 1.807) is 24.3 Å². The molecule has 0 radical (unpaired) electrons. The van der Waals surface area contributed by atoms with Gasteiger partial charge in [0.1, 0.15) is 0 Å². The maximum atomic E-state index is 11.8. The van der Waals surface area contributed by atoms with Crippen LogP contribution in [0.1, 0.15) is 24.2 Å². The molecular formula is C13H18ClN3O2. The van der Waals surface area contributed by atoms with Crippen LogP contribution in [0.25, 0.3) is 0 Å². The number of benzene rings is 1. The first-order chi connectivity index (χ1) is 9.00. The lowest BCUT2D eigenvalue weighted by Crippen LogP contribution is -2.42. The van der Waals surface area contributed by atoms with Crippen LogP contribution in [-0.2, 0) is 0 Å². The molecule has 3 amide bonds. The molecule has 1 rings (SSSR count). The van der Waals surface area contributed by atoms with Gasteiger partial charge in [-0.05, 0) is 26.0 Å². The zero-order chi connectivity index (χ0) is 14.3. The third-order valence-corrected chi connectivity index (χ3v) is 2.56. The minimum Gasteiger partial charge on any atom is -0.350 e. The van der Waals surface area contributed by atoms with Crippen molar-refractivity contribution in [1.82, 2.24) is 16.0 Å². The molecule has 0 saturated carbocycles. The molecule has 0 aliphatic rings. The zero-order valence-corrected chi connectivity index (χ0v) is 11.8. The number of amides is 3. The largest absolute Gasteiger partial charge is 0.350 e. The first kappa shape index (κ1) is 15.3. The molecule has 6 heteroatoms. The number of rotatable bonds is 5. The van der Waals surface area contributed by atoms with Gasteiger partial charge >= 0.3 is 6.03 Å². The van der Waals surface area contributed by atoms with Crippen LogP contribution in [0.2, 0.25) is 5.02 Å². The third-order valence-electron chi connectivity index (χ3n) is 2.23. The second kappa shape index (κ2) is 7.63. The van der Waals surface area contributed by atoms with Crippen LogP contribution in [0.3, 0.4) is 0 Å². The van der Waals surface area contributed by atoms with Gasteiger partial charge in [-0.15, -0.1) is 0 Å². The fraction of sp³-hybridized carbons (Fsp3) is 0.385. The highest BCUT2D eigenvalue weighted by Crippen LogP contribution is 2.14. The fourth-order valence-corrected chi connectivity index (χ4v) is 1.63. The molecule has 5 nitrogen and oxygen atoms in total. The molecule has 0 bridgehead atoms. The summed E-state index contributed by atoms with van der Waals surface area (Å²) in [4.78, 5) is 23.0. The molecular weight excluding hydrogens is 266 g/mol. The van der Waals surface area contributed by atoms with Crippen LogP contribution in [0, 0.1) is 0 Å². The summed E-state index contributed by atoms with van der Waals surface area (Å²) in [5, 5.41) is 8.42. The zero-order valence-electron chi connectivity index (χ0n) is 11.0. The first-order valence-electron chi connectivity index (χ1n) is 6.08. The van der Waals surface area contributed by atoms with Crippen molar-refractivity contribution in [3.8, 4) is 0 Å². The van der Waals surface area contributed by atoms with Crippen LogP contribution < -0.4 is 16.0 Å². The maximum Gasteiger partial charge on any atom is 0.315 e. The molecule has 0 aromatic heterocycles. The van der Waals surface area contributed by atoms with Crippen molar-refractivity contribution < 1.29 is 9.59 Å². The smallest absolute Gasteiger partial charge is 0.315 e. The predicted molar refractivity (Wildman–Crippen MR) is 75.5 cm³/mol. The van der Waals surface area contributed by atoms with Gasteiger partial charge in [-0.2, -0.15) is 0 Å². The summed E-state index contributed by atoms with van der Waals surface area (Å²) < 4.78 is 0. The van der Waals surface area contributed by atoms with Gasteiger partial charge in [0.05, 0.1) is 10.6 Å². The quantitative estimate of drug-likeness (QED) is 0.721. The van der Waals surface area contributed by atoms with Crippen molar-refractivity contribution in [1.29, 1.82) is 0 Å². The Kier molecular flexibility index (Phi) is 6.15. The van der Waals surface area contributed by atoms with Crippen molar-refractivity contribution >= 4 is 23.5 Å². The summed E-state index contributed by atoms with van der Waals surface area (Å²) in [5.74, 6) is -0.253. The Morgan fingerprint density at radius 1 is 1.16 bits per heavy atom. The van der Waals surface area contributed by atoms with E-state index in [1.165, 1.54) is 0 Å². The van der Waals surface area contributed by atoms with E-state index >= 15 is 0 Å². The molecule has 0 atom stereocenters. The Bertz CT molecular complexity index is 449. The molecule has 1 aromatic carbocycles. The van der Waals surface area contributed by atoms with E-state index in [0.29, 0.717) is 23.7 Å².